The third-order valence-electron chi connectivity index (χ3n) is 2.63. The summed E-state index contributed by atoms with van der Waals surface area (Å²) in [6, 6.07) is 8.99. The van der Waals surface area contributed by atoms with E-state index in [2.05, 4.69) is 0 Å². The SMILES string of the molecule is Cc1ccc([N+](=O)[O-])c(Oc2cc(Cl)ccc2C=O)c1. The van der Waals surface area contributed by atoms with Crippen LogP contribution < -0.4 is 4.74 Å². The number of hydrogen-bond donors (Lipinski definition) is 0. The topological polar surface area (TPSA) is 69.4 Å². The van der Waals surface area contributed by atoms with E-state index in [1.807, 2.05) is 0 Å². The van der Waals surface area contributed by atoms with E-state index in [-0.39, 0.29) is 22.7 Å². The quantitative estimate of drug-likeness (QED) is 0.482. The molecule has 0 aliphatic heterocycles. The minimum absolute atomic E-state index is 0.0698. The smallest absolute Gasteiger partial charge is 0.311 e. The third-order valence-corrected chi connectivity index (χ3v) is 2.87. The lowest BCUT2D eigenvalue weighted by molar-refractivity contribution is -0.385. The molecule has 0 radical (unpaired) electrons. The summed E-state index contributed by atoms with van der Waals surface area (Å²) in [7, 11) is 0. The summed E-state index contributed by atoms with van der Waals surface area (Å²) in [6.45, 7) is 1.79. The first-order chi connectivity index (χ1) is 9.51. The summed E-state index contributed by atoms with van der Waals surface area (Å²) in [5.41, 5.74) is 0.901. The number of halogens is 1. The first-order valence-corrected chi connectivity index (χ1v) is 6.06. The van der Waals surface area contributed by atoms with E-state index < -0.39 is 4.92 Å². The van der Waals surface area contributed by atoms with Crippen molar-refractivity contribution in [2.45, 2.75) is 6.92 Å². The highest BCUT2D eigenvalue weighted by Crippen LogP contribution is 2.34. The van der Waals surface area contributed by atoms with Crippen LogP contribution in [0.3, 0.4) is 0 Å². The number of nitrogens with zero attached hydrogens (tertiary/aromatic N) is 1. The molecular formula is C14H10ClNO4. The van der Waals surface area contributed by atoms with Crippen molar-refractivity contribution in [2.75, 3.05) is 0 Å². The molecule has 2 aromatic carbocycles. The fourth-order valence-corrected chi connectivity index (χ4v) is 1.83. The number of aldehydes is 1. The summed E-state index contributed by atoms with van der Waals surface area (Å²) in [6.07, 6.45) is 0.604. The summed E-state index contributed by atoms with van der Waals surface area (Å²) in [5.74, 6) is 0.251. The van der Waals surface area contributed by atoms with Gasteiger partial charge in [0.05, 0.1) is 10.5 Å². The van der Waals surface area contributed by atoms with Gasteiger partial charge in [0.2, 0.25) is 5.75 Å². The van der Waals surface area contributed by atoms with Gasteiger partial charge in [-0.1, -0.05) is 17.7 Å². The van der Waals surface area contributed by atoms with E-state index in [0.29, 0.717) is 11.3 Å². The Morgan fingerprint density at radius 3 is 2.60 bits per heavy atom. The standard InChI is InChI=1S/C14H10ClNO4/c1-9-2-5-12(16(18)19)14(6-9)20-13-7-11(15)4-3-10(13)8-17/h2-8H,1H3. The Hall–Kier alpha value is -2.40. The zero-order chi connectivity index (χ0) is 14.7. The monoisotopic (exact) mass is 291 g/mol. The van der Waals surface area contributed by atoms with Crippen LogP contribution in [0.1, 0.15) is 15.9 Å². The maximum Gasteiger partial charge on any atom is 0.311 e. The number of nitro benzene ring substituents is 1. The third kappa shape index (κ3) is 2.95. The fraction of sp³-hybridized carbons (Fsp3) is 0.0714. The molecule has 0 N–H and O–H groups in total. The largest absolute Gasteiger partial charge is 0.449 e. The lowest BCUT2D eigenvalue weighted by Gasteiger charge is -2.09. The van der Waals surface area contributed by atoms with Crippen molar-refractivity contribution in [1.29, 1.82) is 0 Å². The maximum atomic E-state index is 11.0. The molecule has 0 unspecified atom stereocenters. The molecule has 20 heavy (non-hydrogen) atoms. The van der Waals surface area contributed by atoms with Crippen LogP contribution in [0.4, 0.5) is 5.69 Å². The Bertz CT molecular complexity index is 685. The van der Waals surface area contributed by atoms with Gasteiger partial charge in [0.25, 0.3) is 0 Å². The van der Waals surface area contributed by atoms with E-state index in [1.54, 1.807) is 19.1 Å². The summed E-state index contributed by atoms with van der Waals surface area (Å²) < 4.78 is 5.50. The molecule has 0 heterocycles. The minimum atomic E-state index is -0.542. The highest BCUT2D eigenvalue weighted by Gasteiger charge is 2.17. The van der Waals surface area contributed by atoms with Crippen LogP contribution in [-0.4, -0.2) is 11.2 Å². The Labute approximate surface area is 119 Å². The summed E-state index contributed by atoms with van der Waals surface area (Å²) in [5, 5.41) is 11.4. The van der Waals surface area contributed by atoms with Crippen LogP contribution in [0.2, 0.25) is 5.02 Å². The van der Waals surface area contributed by atoms with Gasteiger partial charge in [-0.2, -0.15) is 0 Å². The second-order valence-electron chi connectivity index (χ2n) is 4.13. The van der Waals surface area contributed by atoms with Gasteiger partial charge in [-0.15, -0.1) is 0 Å². The van der Waals surface area contributed by atoms with Gasteiger partial charge < -0.3 is 4.74 Å². The minimum Gasteiger partial charge on any atom is -0.449 e. The number of benzene rings is 2. The second kappa shape index (κ2) is 5.71. The number of ether oxygens (including phenoxy) is 1. The molecule has 0 fully saturated rings. The average molecular weight is 292 g/mol. The number of hydrogen-bond acceptors (Lipinski definition) is 4. The Kier molecular flexibility index (Phi) is 4.00. The van der Waals surface area contributed by atoms with Crippen molar-refractivity contribution in [2.24, 2.45) is 0 Å². The Morgan fingerprint density at radius 1 is 1.20 bits per heavy atom. The normalized spacial score (nSPS) is 10.1. The van der Waals surface area contributed by atoms with Crippen molar-refractivity contribution in [1.82, 2.24) is 0 Å². The molecule has 0 spiro atoms. The highest BCUT2D eigenvalue weighted by atomic mass is 35.5. The molecule has 102 valence electrons. The molecule has 0 bridgehead atoms. The van der Waals surface area contributed by atoms with Crippen LogP contribution in [-0.2, 0) is 0 Å². The fourth-order valence-electron chi connectivity index (χ4n) is 1.67. The number of aryl methyl sites for hydroxylation is 1. The van der Waals surface area contributed by atoms with Crippen LogP contribution in [0.15, 0.2) is 36.4 Å². The lowest BCUT2D eigenvalue weighted by Crippen LogP contribution is -1.96. The van der Waals surface area contributed by atoms with Crippen molar-refractivity contribution < 1.29 is 14.5 Å². The number of rotatable bonds is 4. The van der Waals surface area contributed by atoms with Gasteiger partial charge in [-0.25, -0.2) is 0 Å². The second-order valence-corrected chi connectivity index (χ2v) is 4.57. The lowest BCUT2D eigenvalue weighted by atomic mass is 10.2. The van der Waals surface area contributed by atoms with E-state index in [0.717, 1.165) is 5.56 Å². The van der Waals surface area contributed by atoms with Crippen molar-refractivity contribution in [3.8, 4) is 11.5 Å². The predicted molar refractivity (Wildman–Crippen MR) is 74.7 cm³/mol. The van der Waals surface area contributed by atoms with Gasteiger partial charge in [-0.3, -0.25) is 14.9 Å². The van der Waals surface area contributed by atoms with Gasteiger partial charge in [0, 0.05) is 17.2 Å². The zero-order valence-corrected chi connectivity index (χ0v) is 11.3. The molecule has 6 heteroatoms. The van der Waals surface area contributed by atoms with Crippen molar-refractivity contribution in [3.05, 3.63) is 62.7 Å². The average Bonchev–Trinajstić information content (AvgIpc) is 2.38. The first-order valence-electron chi connectivity index (χ1n) is 5.69. The van der Waals surface area contributed by atoms with Gasteiger partial charge in [-0.05, 0) is 30.7 Å². The van der Waals surface area contributed by atoms with Crippen LogP contribution in [0.25, 0.3) is 0 Å². The molecule has 2 rings (SSSR count). The summed E-state index contributed by atoms with van der Waals surface area (Å²) >= 11 is 5.84. The van der Waals surface area contributed by atoms with E-state index in [9.17, 15) is 14.9 Å². The van der Waals surface area contributed by atoms with E-state index in [1.165, 1.54) is 24.3 Å². The van der Waals surface area contributed by atoms with E-state index in [4.69, 9.17) is 16.3 Å². The van der Waals surface area contributed by atoms with E-state index >= 15 is 0 Å². The molecule has 5 nitrogen and oxygen atoms in total. The molecule has 2 aromatic rings. The molecule has 0 aliphatic rings. The molecule has 0 atom stereocenters. The van der Waals surface area contributed by atoms with Crippen LogP contribution >= 0.6 is 11.6 Å². The van der Waals surface area contributed by atoms with Gasteiger partial charge >= 0.3 is 5.69 Å². The van der Waals surface area contributed by atoms with Crippen LogP contribution in [0, 0.1) is 17.0 Å². The molecule has 0 aromatic heterocycles. The molecule has 0 saturated heterocycles. The van der Waals surface area contributed by atoms with Crippen molar-refractivity contribution >= 4 is 23.6 Å². The Balaban J connectivity index is 2.49. The van der Waals surface area contributed by atoms with Crippen molar-refractivity contribution in [3.63, 3.8) is 0 Å². The number of nitro groups is 1. The molecule has 0 amide bonds. The first kappa shape index (κ1) is 14.0. The zero-order valence-electron chi connectivity index (χ0n) is 10.5. The predicted octanol–water partition coefficient (Wildman–Crippen LogP) is 4.16. The number of carbonyl (C=O) groups is 1. The maximum absolute atomic E-state index is 11.0. The van der Waals surface area contributed by atoms with Crippen LogP contribution in [0.5, 0.6) is 11.5 Å². The van der Waals surface area contributed by atoms with Gasteiger partial charge in [0.1, 0.15) is 5.75 Å². The summed E-state index contributed by atoms with van der Waals surface area (Å²) in [4.78, 5) is 21.4. The molecule has 0 saturated carbocycles. The Morgan fingerprint density at radius 2 is 1.95 bits per heavy atom. The van der Waals surface area contributed by atoms with Gasteiger partial charge in [0.15, 0.2) is 6.29 Å². The number of carbonyl (C=O) groups excluding carboxylic acids is 1. The molecular weight excluding hydrogens is 282 g/mol. The molecule has 0 aliphatic carbocycles. The highest BCUT2D eigenvalue weighted by molar-refractivity contribution is 6.30.